The van der Waals surface area contributed by atoms with E-state index in [0.29, 0.717) is 6.42 Å². The number of aliphatic hydroxyl groups is 1. The molecule has 3 rings (SSSR count). The van der Waals surface area contributed by atoms with Crippen molar-refractivity contribution in [3.05, 3.63) is 42.0 Å². The van der Waals surface area contributed by atoms with Gasteiger partial charge in [-0.1, -0.05) is 24.3 Å². The molecule has 0 radical (unpaired) electrons. The molecule has 122 valence electrons. The molecule has 2 amide bonds. The van der Waals surface area contributed by atoms with Crippen molar-refractivity contribution in [2.24, 2.45) is 11.8 Å². The second-order valence-electron chi connectivity index (χ2n) is 6.37. The SMILES string of the molecule is O=C(Cc1ccc(NC(=O)C2CC2)cc1)N[C@@H]1C=C[C@H](CO)C1. The first-order chi connectivity index (χ1) is 11.1. The van der Waals surface area contributed by atoms with Crippen molar-refractivity contribution in [3.8, 4) is 0 Å². The Morgan fingerprint density at radius 3 is 2.48 bits per heavy atom. The Morgan fingerprint density at radius 1 is 1.13 bits per heavy atom. The molecule has 1 fully saturated rings. The van der Waals surface area contributed by atoms with Crippen LogP contribution < -0.4 is 10.6 Å². The van der Waals surface area contributed by atoms with E-state index in [1.807, 2.05) is 36.4 Å². The number of anilines is 1. The lowest BCUT2D eigenvalue weighted by Gasteiger charge is -2.13. The highest BCUT2D eigenvalue weighted by Gasteiger charge is 2.29. The molecule has 2 aliphatic rings. The first-order valence-electron chi connectivity index (χ1n) is 8.12. The maximum atomic E-state index is 12.0. The van der Waals surface area contributed by atoms with Crippen LogP contribution in [0.5, 0.6) is 0 Å². The first-order valence-corrected chi connectivity index (χ1v) is 8.12. The average molecular weight is 314 g/mol. The summed E-state index contributed by atoms with van der Waals surface area (Å²) in [6.07, 6.45) is 6.92. The Morgan fingerprint density at radius 2 is 1.87 bits per heavy atom. The number of hydrogen-bond acceptors (Lipinski definition) is 3. The molecule has 0 bridgehead atoms. The molecule has 1 saturated carbocycles. The topological polar surface area (TPSA) is 78.4 Å². The smallest absolute Gasteiger partial charge is 0.227 e. The van der Waals surface area contributed by atoms with Crippen LogP contribution in [0.25, 0.3) is 0 Å². The lowest BCUT2D eigenvalue weighted by molar-refractivity contribution is -0.121. The van der Waals surface area contributed by atoms with Gasteiger partial charge in [-0.25, -0.2) is 0 Å². The van der Waals surface area contributed by atoms with E-state index in [4.69, 9.17) is 5.11 Å². The standard InChI is InChI=1S/C18H22N2O3/c21-11-13-3-8-16(9-13)19-17(22)10-12-1-6-15(7-2-12)20-18(23)14-4-5-14/h1-3,6-8,13-14,16,21H,4-5,9-11H2,(H,19,22)(H,20,23)/t13-,16+/m0/s1. The highest BCUT2D eigenvalue weighted by molar-refractivity contribution is 5.94. The highest BCUT2D eigenvalue weighted by atomic mass is 16.3. The van der Waals surface area contributed by atoms with E-state index in [1.54, 1.807) is 0 Å². The van der Waals surface area contributed by atoms with Gasteiger partial charge in [0.05, 0.1) is 6.42 Å². The van der Waals surface area contributed by atoms with Gasteiger partial charge in [-0.05, 0) is 37.0 Å². The Kier molecular flexibility index (Phi) is 4.76. The average Bonchev–Trinajstić information content (AvgIpc) is 3.30. The Balaban J connectivity index is 1.47. The third-order valence-electron chi connectivity index (χ3n) is 4.29. The van der Waals surface area contributed by atoms with E-state index in [2.05, 4.69) is 10.6 Å². The van der Waals surface area contributed by atoms with Crippen LogP contribution in [0, 0.1) is 11.8 Å². The maximum absolute atomic E-state index is 12.0. The fraction of sp³-hybridized carbons (Fsp3) is 0.444. The monoisotopic (exact) mass is 314 g/mol. The molecule has 5 nitrogen and oxygen atoms in total. The Labute approximate surface area is 135 Å². The summed E-state index contributed by atoms with van der Waals surface area (Å²) >= 11 is 0. The van der Waals surface area contributed by atoms with Gasteiger partial charge in [-0.3, -0.25) is 9.59 Å². The molecule has 0 aromatic heterocycles. The zero-order valence-electron chi connectivity index (χ0n) is 13.0. The van der Waals surface area contributed by atoms with Crippen LogP contribution in [0.4, 0.5) is 5.69 Å². The number of hydrogen-bond donors (Lipinski definition) is 3. The van der Waals surface area contributed by atoms with Gasteiger partial charge in [0, 0.05) is 30.2 Å². The number of carbonyl (C=O) groups excluding carboxylic acids is 2. The predicted molar refractivity (Wildman–Crippen MR) is 87.8 cm³/mol. The summed E-state index contributed by atoms with van der Waals surface area (Å²) in [4.78, 5) is 23.7. The molecular formula is C18H22N2O3. The van der Waals surface area contributed by atoms with Gasteiger partial charge in [0.1, 0.15) is 0 Å². The van der Waals surface area contributed by atoms with Crippen LogP contribution in [-0.2, 0) is 16.0 Å². The van der Waals surface area contributed by atoms with Crippen molar-refractivity contribution in [1.82, 2.24) is 5.32 Å². The van der Waals surface area contributed by atoms with Crippen LogP contribution in [0.15, 0.2) is 36.4 Å². The van der Waals surface area contributed by atoms with E-state index < -0.39 is 0 Å². The van der Waals surface area contributed by atoms with E-state index in [0.717, 1.165) is 30.5 Å². The van der Waals surface area contributed by atoms with Crippen LogP contribution in [0.3, 0.4) is 0 Å². The van der Waals surface area contributed by atoms with Crippen molar-refractivity contribution in [1.29, 1.82) is 0 Å². The zero-order valence-corrected chi connectivity index (χ0v) is 13.0. The number of carbonyl (C=O) groups is 2. The summed E-state index contributed by atoms with van der Waals surface area (Å²) < 4.78 is 0. The number of amides is 2. The molecule has 0 unspecified atom stereocenters. The molecule has 1 aromatic rings. The Hall–Kier alpha value is -2.14. The third kappa shape index (κ3) is 4.42. The number of aliphatic hydroxyl groups excluding tert-OH is 1. The quantitative estimate of drug-likeness (QED) is 0.698. The molecule has 0 spiro atoms. The number of nitrogens with one attached hydrogen (secondary N) is 2. The van der Waals surface area contributed by atoms with Crippen molar-refractivity contribution in [2.75, 3.05) is 11.9 Å². The maximum Gasteiger partial charge on any atom is 0.227 e. The van der Waals surface area contributed by atoms with Crippen LogP contribution in [0.2, 0.25) is 0 Å². The highest BCUT2D eigenvalue weighted by Crippen LogP contribution is 2.30. The summed E-state index contributed by atoms with van der Waals surface area (Å²) in [6.45, 7) is 0.122. The van der Waals surface area contributed by atoms with Crippen molar-refractivity contribution >= 4 is 17.5 Å². The minimum absolute atomic E-state index is 0.0109. The lowest BCUT2D eigenvalue weighted by Crippen LogP contribution is -2.34. The van der Waals surface area contributed by atoms with E-state index in [1.165, 1.54) is 0 Å². The molecule has 2 aliphatic carbocycles. The number of rotatable bonds is 6. The van der Waals surface area contributed by atoms with Crippen molar-refractivity contribution < 1.29 is 14.7 Å². The first kappa shape index (κ1) is 15.7. The fourth-order valence-corrected chi connectivity index (χ4v) is 2.76. The molecule has 3 N–H and O–H groups in total. The fourth-order valence-electron chi connectivity index (χ4n) is 2.76. The van der Waals surface area contributed by atoms with Gasteiger partial charge < -0.3 is 15.7 Å². The molecule has 5 heteroatoms. The van der Waals surface area contributed by atoms with Gasteiger partial charge >= 0.3 is 0 Å². The molecule has 2 atom stereocenters. The third-order valence-corrected chi connectivity index (χ3v) is 4.29. The normalized spacial score (nSPS) is 22.8. The predicted octanol–water partition coefficient (Wildman–Crippen LogP) is 1.63. The number of benzene rings is 1. The van der Waals surface area contributed by atoms with Crippen molar-refractivity contribution in [2.45, 2.75) is 31.7 Å². The minimum Gasteiger partial charge on any atom is -0.396 e. The van der Waals surface area contributed by atoms with Crippen molar-refractivity contribution in [3.63, 3.8) is 0 Å². The molecule has 1 aromatic carbocycles. The van der Waals surface area contributed by atoms with Crippen LogP contribution in [0.1, 0.15) is 24.8 Å². The van der Waals surface area contributed by atoms with Gasteiger partial charge in [-0.2, -0.15) is 0 Å². The van der Waals surface area contributed by atoms with E-state index >= 15 is 0 Å². The molecule has 23 heavy (non-hydrogen) atoms. The van der Waals surface area contributed by atoms with E-state index in [9.17, 15) is 9.59 Å². The Bertz CT molecular complexity index is 605. The summed E-state index contributed by atoms with van der Waals surface area (Å²) in [5, 5.41) is 14.9. The summed E-state index contributed by atoms with van der Waals surface area (Å²) in [7, 11) is 0. The largest absolute Gasteiger partial charge is 0.396 e. The molecule has 0 saturated heterocycles. The summed E-state index contributed by atoms with van der Waals surface area (Å²) in [5.41, 5.74) is 1.68. The lowest BCUT2D eigenvalue weighted by atomic mass is 10.1. The van der Waals surface area contributed by atoms with Gasteiger partial charge in [-0.15, -0.1) is 0 Å². The second-order valence-corrected chi connectivity index (χ2v) is 6.37. The van der Waals surface area contributed by atoms with Gasteiger partial charge in [0.15, 0.2) is 0 Å². The molecule has 0 heterocycles. The summed E-state index contributed by atoms with van der Waals surface area (Å²) in [5.74, 6) is 0.382. The van der Waals surface area contributed by atoms with Gasteiger partial charge in [0.2, 0.25) is 11.8 Å². The zero-order chi connectivity index (χ0) is 16.2. The second kappa shape index (κ2) is 6.96. The summed E-state index contributed by atoms with van der Waals surface area (Å²) in [6, 6.07) is 7.41. The molecule has 0 aliphatic heterocycles. The van der Waals surface area contributed by atoms with E-state index in [-0.39, 0.29) is 36.3 Å². The minimum atomic E-state index is -0.0343. The van der Waals surface area contributed by atoms with Crippen LogP contribution in [-0.4, -0.2) is 29.6 Å². The van der Waals surface area contributed by atoms with Crippen LogP contribution >= 0.6 is 0 Å². The van der Waals surface area contributed by atoms with Gasteiger partial charge in [0.25, 0.3) is 0 Å². The molecular weight excluding hydrogens is 292 g/mol.